The lowest BCUT2D eigenvalue weighted by Crippen LogP contribution is -2.15. The second-order valence-electron chi connectivity index (χ2n) is 4.00. The van der Waals surface area contributed by atoms with Crippen molar-refractivity contribution in [3.63, 3.8) is 0 Å². The highest BCUT2D eigenvalue weighted by molar-refractivity contribution is 6.30. The summed E-state index contributed by atoms with van der Waals surface area (Å²) in [7, 11) is 0. The molecular weight excluding hydrogens is 262 g/mol. The molecule has 0 fully saturated rings. The minimum atomic E-state index is -0.460. The summed E-state index contributed by atoms with van der Waals surface area (Å²) in [5.74, 6) is 0. The highest BCUT2D eigenvalue weighted by Gasteiger charge is 2.03. The van der Waals surface area contributed by atoms with E-state index in [0.717, 1.165) is 5.56 Å². The predicted molar refractivity (Wildman–Crippen MR) is 76.6 cm³/mol. The molecule has 4 heteroatoms. The van der Waals surface area contributed by atoms with E-state index >= 15 is 0 Å². The third-order valence-corrected chi connectivity index (χ3v) is 2.81. The standard InChI is InChI=1S/C15H14ClNO2/c16-13-6-8-14(9-7-13)17-15(18)19-11-10-12-4-2-1-3-5-12/h1-9H,10-11H2,(H,17,18). The maximum atomic E-state index is 11.5. The SMILES string of the molecule is O=C(Nc1ccc(Cl)cc1)OCCc1ccccc1. The van der Waals surface area contributed by atoms with Crippen LogP contribution in [0, 0.1) is 0 Å². The number of nitrogens with one attached hydrogen (secondary N) is 1. The molecule has 0 radical (unpaired) electrons. The summed E-state index contributed by atoms with van der Waals surface area (Å²) in [6.07, 6.45) is 0.243. The highest BCUT2D eigenvalue weighted by Crippen LogP contribution is 2.13. The van der Waals surface area contributed by atoms with Crippen molar-refractivity contribution < 1.29 is 9.53 Å². The van der Waals surface area contributed by atoms with E-state index in [-0.39, 0.29) is 0 Å². The molecule has 98 valence electrons. The van der Waals surface area contributed by atoms with E-state index in [1.54, 1.807) is 24.3 Å². The largest absolute Gasteiger partial charge is 0.449 e. The van der Waals surface area contributed by atoms with Crippen LogP contribution in [0.4, 0.5) is 10.5 Å². The van der Waals surface area contributed by atoms with Crippen LogP contribution in [-0.2, 0) is 11.2 Å². The fourth-order valence-electron chi connectivity index (χ4n) is 1.59. The van der Waals surface area contributed by atoms with Gasteiger partial charge in [0.25, 0.3) is 0 Å². The van der Waals surface area contributed by atoms with Crippen molar-refractivity contribution in [2.24, 2.45) is 0 Å². The number of anilines is 1. The van der Waals surface area contributed by atoms with Gasteiger partial charge in [-0.2, -0.15) is 0 Å². The number of carbonyl (C=O) groups is 1. The van der Waals surface area contributed by atoms with Crippen molar-refractivity contribution in [2.75, 3.05) is 11.9 Å². The molecule has 0 aliphatic carbocycles. The van der Waals surface area contributed by atoms with E-state index in [1.807, 2.05) is 30.3 Å². The Morgan fingerprint density at radius 2 is 1.74 bits per heavy atom. The van der Waals surface area contributed by atoms with Crippen molar-refractivity contribution in [1.82, 2.24) is 0 Å². The van der Waals surface area contributed by atoms with Crippen LogP contribution in [0.5, 0.6) is 0 Å². The Balaban J connectivity index is 1.74. The van der Waals surface area contributed by atoms with Gasteiger partial charge >= 0.3 is 6.09 Å². The van der Waals surface area contributed by atoms with Crippen LogP contribution >= 0.6 is 11.6 Å². The average Bonchev–Trinajstić information content (AvgIpc) is 2.43. The van der Waals surface area contributed by atoms with E-state index in [2.05, 4.69) is 5.32 Å². The molecular formula is C15H14ClNO2. The molecule has 0 saturated heterocycles. The summed E-state index contributed by atoms with van der Waals surface area (Å²) in [6.45, 7) is 0.351. The summed E-state index contributed by atoms with van der Waals surface area (Å²) in [6, 6.07) is 16.7. The topological polar surface area (TPSA) is 38.3 Å². The molecule has 1 N–H and O–H groups in total. The summed E-state index contributed by atoms with van der Waals surface area (Å²) in [5.41, 5.74) is 1.80. The quantitative estimate of drug-likeness (QED) is 0.911. The van der Waals surface area contributed by atoms with Gasteiger partial charge in [-0.25, -0.2) is 4.79 Å². The first-order valence-corrected chi connectivity index (χ1v) is 6.35. The van der Waals surface area contributed by atoms with Crippen LogP contribution in [0.1, 0.15) is 5.56 Å². The summed E-state index contributed by atoms with van der Waals surface area (Å²) in [5, 5.41) is 3.26. The molecule has 0 heterocycles. The van der Waals surface area contributed by atoms with Gasteiger partial charge in [-0.3, -0.25) is 5.32 Å². The monoisotopic (exact) mass is 275 g/mol. The Bertz CT molecular complexity index is 526. The van der Waals surface area contributed by atoms with E-state index in [4.69, 9.17) is 16.3 Å². The summed E-state index contributed by atoms with van der Waals surface area (Å²) < 4.78 is 5.10. The first-order valence-electron chi connectivity index (χ1n) is 5.97. The molecule has 19 heavy (non-hydrogen) atoms. The first-order chi connectivity index (χ1) is 9.24. The Labute approximate surface area is 117 Å². The van der Waals surface area contributed by atoms with Crippen molar-refractivity contribution in [3.05, 3.63) is 65.2 Å². The molecule has 0 saturated carbocycles. The summed E-state index contributed by atoms with van der Waals surface area (Å²) in [4.78, 5) is 11.5. The predicted octanol–water partition coefficient (Wildman–Crippen LogP) is 4.13. The van der Waals surface area contributed by atoms with Crippen molar-refractivity contribution >= 4 is 23.4 Å². The van der Waals surface area contributed by atoms with Gasteiger partial charge < -0.3 is 4.74 Å². The smallest absolute Gasteiger partial charge is 0.411 e. The minimum absolute atomic E-state index is 0.351. The van der Waals surface area contributed by atoms with Crippen LogP contribution in [0.15, 0.2) is 54.6 Å². The van der Waals surface area contributed by atoms with E-state index < -0.39 is 6.09 Å². The van der Waals surface area contributed by atoms with Crippen LogP contribution in [0.25, 0.3) is 0 Å². The Morgan fingerprint density at radius 1 is 1.05 bits per heavy atom. The number of amides is 1. The molecule has 0 aliphatic heterocycles. The number of carbonyl (C=O) groups excluding carboxylic acids is 1. The van der Waals surface area contributed by atoms with Crippen LogP contribution in [0.2, 0.25) is 5.02 Å². The first kappa shape index (κ1) is 13.4. The van der Waals surface area contributed by atoms with Gasteiger partial charge in [0.2, 0.25) is 0 Å². The molecule has 0 bridgehead atoms. The number of ether oxygens (including phenoxy) is 1. The number of rotatable bonds is 4. The van der Waals surface area contributed by atoms with Crippen molar-refractivity contribution in [2.45, 2.75) is 6.42 Å². The van der Waals surface area contributed by atoms with Crippen molar-refractivity contribution in [1.29, 1.82) is 0 Å². The highest BCUT2D eigenvalue weighted by atomic mass is 35.5. The zero-order valence-electron chi connectivity index (χ0n) is 10.3. The Morgan fingerprint density at radius 3 is 2.42 bits per heavy atom. The second kappa shape index (κ2) is 6.81. The van der Waals surface area contributed by atoms with Crippen molar-refractivity contribution in [3.8, 4) is 0 Å². The van der Waals surface area contributed by atoms with E-state index in [0.29, 0.717) is 23.7 Å². The van der Waals surface area contributed by atoms with Gasteiger partial charge in [0.1, 0.15) is 0 Å². The normalized spacial score (nSPS) is 9.95. The molecule has 2 aromatic rings. The van der Waals surface area contributed by atoms with E-state index in [9.17, 15) is 4.79 Å². The maximum absolute atomic E-state index is 11.5. The fraction of sp³-hybridized carbons (Fsp3) is 0.133. The molecule has 0 aromatic heterocycles. The van der Waals surface area contributed by atoms with Crippen LogP contribution in [-0.4, -0.2) is 12.7 Å². The maximum Gasteiger partial charge on any atom is 0.411 e. The lowest BCUT2D eigenvalue weighted by Gasteiger charge is -2.07. The minimum Gasteiger partial charge on any atom is -0.449 e. The molecule has 0 spiro atoms. The molecule has 1 amide bonds. The number of halogens is 1. The Kier molecular flexibility index (Phi) is 4.81. The molecule has 0 aliphatic rings. The second-order valence-corrected chi connectivity index (χ2v) is 4.44. The van der Waals surface area contributed by atoms with Gasteiger partial charge in [-0.15, -0.1) is 0 Å². The molecule has 0 atom stereocenters. The van der Waals surface area contributed by atoms with Crippen LogP contribution in [0.3, 0.4) is 0 Å². The zero-order valence-corrected chi connectivity index (χ0v) is 11.1. The zero-order chi connectivity index (χ0) is 13.5. The van der Waals surface area contributed by atoms with E-state index in [1.165, 1.54) is 0 Å². The number of benzene rings is 2. The molecule has 2 aromatic carbocycles. The molecule has 3 nitrogen and oxygen atoms in total. The fourth-order valence-corrected chi connectivity index (χ4v) is 1.72. The lowest BCUT2D eigenvalue weighted by molar-refractivity contribution is 0.163. The average molecular weight is 276 g/mol. The number of hydrogen-bond donors (Lipinski definition) is 1. The van der Waals surface area contributed by atoms with Gasteiger partial charge in [-0.05, 0) is 29.8 Å². The Hall–Kier alpha value is -2.00. The third kappa shape index (κ3) is 4.64. The van der Waals surface area contributed by atoms with Gasteiger partial charge in [0.15, 0.2) is 0 Å². The van der Waals surface area contributed by atoms with Gasteiger partial charge in [0, 0.05) is 17.1 Å². The van der Waals surface area contributed by atoms with Gasteiger partial charge in [0.05, 0.1) is 6.61 Å². The third-order valence-electron chi connectivity index (χ3n) is 2.56. The lowest BCUT2D eigenvalue weighted by atomic mass is 10.2. The van der Waals surface area contributed by atoms with Gasteiger partial charge in [-0.1, -0.05) is 41.9 Å². The number of hydrogen-bond acceptors (Lipinski definition) is 2. The molecule has 2 rings (SSSR count). The molecule has 0 unspecified atom stereocenters. The van der Waals surface area contributed by atoms with Crippen LogP contribution < -0.4 is 5.32 Å². The summed E-state index contributed by atoms with van der Waals surface area (Å²) >= 11 is 5.76.